The van der Waals surface area contributed by atoms with Gasteiger partial charge in [-0.05, 0) is 62.1 Å². The Kier molecular flexibility index (Phi) is 7.19. The van der Waals surface area contributed by atoms with Crippen molar-refractivity contribution in [3.05, 3.63) is 46.7 Å². The summed E-state index contributed by atoms with van der Waals surface area (Å²) in [5.74, 6) is -0.183. The fraction of sp³-hybridized carbons (Fsp3) is 0.565. The Labute approximate surface area is 179 Å². The summed E-state index contributed by atoms with van der Waals surface area (Å²) in [6, 6.07) is 8.09. The summed E-state index contributed by atoms with van der Waals surface area (Å²) in [7, 11) is -3.03. The fourth-order valence-corrected chi connectivity index (χ4v) is 6.17. The van der Waals surface area contributed by atoms with Crippen molar-refractivity contribution in [3.8, 4) is 6.07 Å². The topological polar surface area (TPSA) is 90.3 Å². The number of amides is 1. The second-order valence-corrected chi connectivity index (χ2v) is 10.4. The van der Waals surface area contributed by atoms with Crippen molar-refractivity contribution in [2.75, 3.05) is 18.1 Å². The molecule has 7 heteroatoms. The first kappa shape index (κ1) is 22.4. The second-order valence-electron chi connectivity index (χ2n) is 8.21. The molecule has 0 radical (unpaired) electrons. The summed E-state index contributed by atoms with van der Waals surface area (Å²) in [5.41, 5.74) is 3.84. The van der Waals surface area contributed by atoms with E-state index in [1.165, 1.54) is 30.2 Å². The zero-order valence-electron chi connectivity index (χ0n) is 17.9. The Morgan fingerprint density at radius 1 is 1.30 bits per heavy atom. The Morgan fingerprint density at radius 2 is 2.03 bits per heavy atom. The lowest BCUT2D eigenvalue weighted by Crippen LogP contribution is -2.34. The van der Waals surface area contributed by atoms with E-state index in [1.807, 2.05) is 24.8 Å². The molecule has 0 spiro atoms. The Bertz CT molecular complexity index is 962. The van der Waals surface area contributed by atoms with E-state index in [2.05, 4.69) is 23.5 Å². The van der Waals surface area contributed by atoms with E-state index < -0.39 is 15.7 Å². The number of nitriles is 1. The molecule has 0 aromatic heterocycles. The van der Waals surface area contributed by atoms with Gasteiger partial charge in [0.05, 0.1) is 17.5 Å². The maximum Gasteiger partial charge on any atom is 0.263 e. The van der Waals surface area contributed by atoms with Gasteiger partial charge in [0.25, 0.3) is 5.91 Å². The van der Waals surface area contributed by atoms with Gasteiger partial charge in [0.1, 0.15) is 11.6 Å². The van der Waals surface area contributed by atoms with Crippen molar-refractivity contribution in [2.24, 2.45) is 0 Å². The molecule has 0 bridgehead atoms. The number of nitrogens with one attached hydrogen (secondary N) is 1. The number of sulfone groups is 1. The molecule has 0 saturated carbocycles. The van der Waals surface area contributed by atoms with E-state index in [9.17, 15) is 18.5 Å². The number of nitrogens with zero attached hydrogens (tertiary/aromatic N) is 2. The molecule has 1 saturated heterocycles. The summed E-state index contributed by atoms with van der Waals surface area (Å²) in [6.07, 6.45) is 7.40. The molecule has 1 aromatic carbocycles. The molecule has 1 amide bonds. The van der Waals surface area contributed by atoms with Crippen LogP contribution >= 0.6 is 0 Å². The number of rotatable bonds is 7. The molecule has 6 nitrogen and oxygen atoms in total. The highest BCUT2D eigenvalue weighted by molar-refractivity contribution is 7.91. The number of hydrogen-bond donors (Lipinski definition) is 1. The smallest absolute Gasteiger partial charge is 0.263 e. The van der Waals surface area contributed by atoms with E-state index in [4.69, 9.17) is 0 Å². The number of fused-ring (bicyclic) bond motifs is 1. The zero-order chi connectivity index (χ0) is 21.7. The lowest BCUT2D eigenvalue weighted by molar-refractivity contribution is -0.117. The SMILES string of the molecule is CCC(NC(=O)/C(C#N)=C\N(CC)C1CCS(=O)(=O)C1)c1ccc2c(c1)CCCC2. The van der Waals surface area contributed by atoms with Gasteiger partial charge in [0.15, 0.2) is 9.84 Å². The Hall–Kier alpha value is -2.33. The average molecular weight is 430 g/mol. The van der Waals surface area contributed by atoms with Gasteiger partial charge in [-0.3, -0.25) is 4.79 Å². The molecule has 1 N–H and O–H groups in total. The maximum absolute atomic E-state index is 12.9. The predicted molar refractivity (Wildman–Crippen MR) is 117 cm³/mol. The monoisotopic (exact) mass is 429 g/mol. The summed E-state index contributed by atoms with van der Waals surface area (Å²) in [5, 5.41) is 12.6. The van der Waals surface area contributed by atoms with Gasteiger partial charge < -0.3 is 10.2 Å². The molecule has 3 rings (SSSR count). The van der Waals surface area contributed by atoms with Gasteiger partial charge in [-0.1, -0.05) is 25.1 Å². The molecule has 2 unspecified atom stereocenters. The van der Waals surface area contributed by atoms with Crippen LogP contribution in [0.25, 0.3) is 0 Å². The van der Waals surface area contributed by atoms with Gasteiger partial charge in [0.2, 0.25) is 0 Å². The highest BCUT2D eigenvalue weighted by Crippen LogP contribution is 2.26. The third kappa shape index (κ3) is 5.23. The lowest BCUT2D eigenvalue weighted by atomic mass is 9.88. The largest absolute Gasteiger partial charge is 0.372 e. The van der Waals surface area contributed by atoms with Crippen LogP contribution in [0.5, 0.6) is 0 Å². The predicted octanol–water partition coefficient (Wildman–Crippen LogP) is 3.05. The van der Waals surface area contributed by atoms with Crippen LogP contribution in [0.1, 0.15) is 62.3 Å². The van der Waals surface area contributed by atoms with E-state index in [1.54, 1.807) is 0 Å². The van der Waals surface area contributed by atoms with Crippen molar-refractivity contribution < 1.29 is 13.2 Å². The first-order valence-electron chi connectivity index (χ1n) is 10.9. The van der Waals surface area contributed by atoms with Crippen LogP contribution < -0.4 is 5.32 Å². The third-order valence-corrected chi connectivity index (χ3v) is 7.94. The molecule has 1 aromatic rings. The normalized spacial score (nSPS) is 21.4. The van der Waals surface area contributed by atoms with Crippen LogP contribution in [0.2, 0.25) is 0 Å². The fourth-order valence-electron chi connectivity index (χ4n) is 4.42. The summed E-state index contributed by atoms with van der Waals surface area (Å²) < 4.78 is 23.6. The van der Waals surface area contributed by atoms with Crippen molar-refractivity contribution in [3.63, 3.8) is 0 Å². The van der Waals surface area contributed by atoms with Crippen LogP contribution in [0.3, 0.4) is 0 Å². The molecule has 162 valence electrons. The number of carbonyl (C=O) groups excluding carboxylic acids is 1. The molecule has 1 fully saturated rings. The molecule has 1 aliphatic heterocycles. The van der Waals surface area contributed by atoms with Crippen molar-refractivity contribution in [1.29, 1.82) is 5.26 Å². The molecular weight excluding hydrogens is 398 g/mol. The van der Waals surface area contributed by atoms with Gasteiger partial charge in [-0.15, -0.1) is 0 Å². The van der Waals surface area contributed by atoms with Crippen LogP contribution in [-0.4, -0.2) is 43.3 Å². The number of benzene rings is 1. The Balaban J connectivity index is 1.74. The molecule has 2 aliphatic rings. The average Bonchev–Trinajstić information content (AvgIpc) is 3.11. The van der Waals surface area contributed by atoms with Crippen LogP contribution in [0.15, 0.2) is 30.0 Å². The minimum absolute atomic E-state index is 0.0116. The van der Waals surface area contributed by atoms with E-state index in [0.29, 0.717) is 13.0 Å². The third-order valence-electron chi connectivity index (χ3n) is 6.19. The van der Waals surface area contributed by atoms with Gasteiger partial charge in [-0.2, -0.15) is 5.26 Å². The Morgan fingerprint density at radius 3 is 2.63 bits per heavy atom. The zero-order valence-corrected chi connectivity index (χ0v) is 18.7. The summed E-state index contributed by atoms with van der Waals surface area (Å²) >= 11 is 0. The van der Waals surface area contributed by atoms with Gasteiger partial charge in [0, 0.05) is 18.8 Å². The minimum Gasteiger partial charge on any atom is -0.372 e. The first-order chi connectivity index (χ1) is 14.4. The molecule has 1 aliphatic carbocycles. The standard InChI is InChI=1S/C23H31N3O3S/c1-3-22(19-10-9-17-7-5-6-8-18(17)13-19)25-23(27)20(14-24)15-26(4-2)21-11-12-30(28,29)16-21/h9-10,13,15,21-22H,3-8,11-12,16H2,1-2H3,(H,25,27)/b20-15-. The van der Waals surface area contributed by atoms with Crippen LogP contribution in [0, 0.1) is 11.3 Å². The highest BCUT2D eigenvalue weighted by atomic mass is 32.2. The minimum atomic E-state index is -3.03. The van der Waals surface area contributed by atoms with Gasteiger partial charge in [-0.25, -0.2) is 8.42 Å². The summed E-state index contributed by atoms with van der Waals surface area (Å²) in [6.45, 7) is 4.46. The van der Waals surface area contributed by atoms with E-state index in [-0.39, 0.29) is 29.2 Å². The van der Waals surface area contributed by atoms with Gasteiger partial charge >= 0.3 is 0 Å². The first-order valence-corrected chi connectivity index (χ1v) is 12.7. The quantitative estimate of drug-likeness (QED) is 0.531. The molecule has 2 atom stereocenters. The summed E-state index contributed by atoms with van der Waals surface area (Å²) in [4.78, 5) is 14.7. The maximum atomic E-state index is 12.9. The highest BCUT2D eigenvalue weighted by Gasteiger charge is 2.31. The molecule has 1 heterocycles. The van der Waals surface area contributed by atoms with Crippen LogP contribution in [0.4, 0.5) is 0 Å². The molecule has 30 heavy (non-hydrogen) atoms. The number of hydrogen-bond acceptors (Lipinski definition) is 5. The van der Waals surface area contributed by atoms with E-state index >= 15 is 0 Å². The number of aryl methyl sites for hydroxylation is 2. The van der Waals surface area contributed by atoms with E-state index in [0.717, 1.165) is 24.8 Å². The van der Waals surface area contributed by atoms with Crippen molar-refractivity contribution in [2.45, 2.75) is 64.5 Å². The van der Waals surface area contributed by atoms with Crippen molar-refractivity contribution >= 4 is 15.7 Å². The van der Waals surface area contributed by atoms with Crippen LogP contribution in [-0.2, 0) is 27.5 Å². The lowest BCUT2D eigenvalue weighted by Gasteiger charge is -2.26. The molecular formula is C23H31N3O3S. The second kappa shape index (κ2) is 9.65. The van der Waals surface area contributed by atoms with Crippen molar-refractivity contribution in [1.82, 2.24) is 10.2 Å². The number of carbonyl (C=O) groups is 1.